The molecule has 0 amide bonds. The lowest BCUT2D eigenvalue weighted by atomic mass is 10.1. The lowest BCUT2D eigenvalue weighted by Gasteiger charge is -2.14. The van der Waals surface area contributed by atoms with Gasteiger partial charge in [-0.15, -0.1) is 0 Å². The summed E-state index contributed by atoms with van der Waals surface area (Å²) >= 11 is 18.3. The van der Waals surface area contributed by atoms with E-state index in [1.54, 1.807) is 179 Å². The minimum absolute atomic E-state index is 0.0304. The van der Waals surface area contributed by atoms with Crippen LogP contribution in [0.3, 0.4) is 0 Å². The van der Waals surface area contributed by atoms with Crippen LogP contribution in [0.5, 0.6) is 0 Å². The number of fused-ring (bicyclic) bond motifs is 3. The lowest BCUT2D eigenvalue weighted by molar-refractivity contribution is 0.101. The molecule has 16 rings (SSSR count). The Morgan fingerprint density at radius 3 is 1.03 bits per heavy atom. The molecule has 0 saturated carbocycles. The average Bonchev–Trinajstić information content (AvgIpc) is 1.50. The molecule has 23 heteroatoms. The largest absolute Gasteiger partial charge is 0.383 e. The molecule has 7 heterocycles. The van der Waals surface area contributed by atoms with Crippen LogP contribution in [0.2, 0.25) is 15.1 Å². The second-order valence-corrected chi connectivity index (χ2v) is 24.7. The molecule has 0 fully saturated rings. The van der Waals surface area contributed by atoms with E-state index < -0.39 is 0 Å². The Bertz CT molecular complexity index is 5960. The van der Waals surface area contributed by atoms with Crippen molar-refractivity contribution in [3.05, 3.63) is 337 Å². The zero-order valence-corrected chi connectivity index (χ0v) is 56.7. The predicted octanol–water partition coefficient (Wildman–Crippen LogP) is 15.8. The number of nitrogens with zero attached hydrogens (tertiary/aromatic N) is 14. The number of hydrogen-bond donors (Lipinski definition) is 0. The number of ketones is 2. The number of aromatic nitrogens is 13. The number of carbonyl (C=O) groups excluding carboxylic acids is 2. The molecule has 0 atom stereocenters. The van der Waals surface area contributed by atoms with Gasteiger partial charge < -0.3 is 9.42 Å². The summed E-state index contributed by atoms with van der Waals surface area (Å²) in [6, 6.07) is 73.2. The summed E-state index contributed by atoms with van der Waals surface area (Å²) in [6.07, 6.45) is 9.44. The Balaban J connectivity index is 0.000000130. The third kappa shape index (κ3) is 13.5. The molecule has 0 spiro atoms. The van der Waals surface area contributed by atoms with E-state index in [1.807, 2.05) is 129 Å². The minimum Gasteiger partial charge on any atom is -0.383 e. The number of hydrogen-bond acceptors (Lipinski definition) is 14. The molecule has 0 aliphatic carbocycles. The Morgan fingerprint density at radius 2 is 0.716 bits per heavy atom. The van der Waals surface area contributed by atoms with E-state index in [0.717, 1.165) is 28.2 Å². The van der Waals surface area contributed by atoms with Gasteiger partial charge in [0.1, 0.15) is 33.6 Å². The molecule has 0 bridgehead atoms. The van der Waals surface area contributed by atoms with E-state index in [4.69, 9.17) is 54.3 Å². The lowest BCUT2D eigenvalue weighted by Crippen LogP contribution is -2.22. The van der Waals surface area contributed by atoms with E-state index in [1.165, 1.54) is 25.4 Å². The first-order valence-electron chi connectivity index (χ1n) is 31.7. The van der Waals surface area contributed by atoms with E-state index in [0.29, 0.717) is 111 Å². The van der Waals surface area contributed by atoms with Crippen LogP contribution in [0.1, 0.15) is 27.6 Å². The number of rotatable bonds is 14. The van der Waals surface area contributed by atoms with Crippen LogP contribution in [0.4, 0.5) is 0 Å². The SMILES string of the molecule is CC(=O)c1ccc(-c2nc3c(cnn3-c3ccccc3)c(=O)n2-c2ccc(Cl)cc2)cc1.CN(C)/C=C/C(=O)c1ccc(-c2nc3c(cnn3-c3ccccc3)c(=O)n2-c2ccc(Cl)cc2)cc1.O=c1c2cnn(-c3ccccc3)c2nc(-c2ccc(-c3ccno3)cc2)n1-c1ccc(Cl)cc1. The highest BCUT2D eigenvalue weighted by molar-refractivity contribution is 6.31. The van der Waals surface area contributed by atoms with E-state index in [-0.39, 0.29) is 28.2 Å². The molecular weight excluding hydrogens is 1350 g/mol. The molecule has 498 valence electrons. The van der Waals surface area contributed by atoms with Gasteiger partial charge in [-0.25, -0.2) is 29.0 Å². The molecule has 16 aromatic rings. The van der Waals surface area contributed by atoms with Crippen LogP contribution >= 0.6 is 34.8 Å². The smallest absolute Gasteiger partial charge is 0.269 e. The number of para-hydroxylation sites is 3. The maximum absolute atomic E-state index is 13.7. The molecule has 0 saturated heterocycles. The van der Waals surface area contributed by atoms with Gasteiger partial charge in [-0.3, -0.25) is 37.7 Å². The number of carbonyl (C=O) groups is 2. The fourth-order valence-corrected chi connectivity index (χ4v) is 11.7. The molecule has 0 aliphatic rings. The average molecular weight is 1400 g/mol. The van der Waals surface area contributed by atoms with Gasteiger partial charge in [-0.2, -0.15) is 15.3 Å². The van der Waals surface area contributed by atoms with Crippen LogP contribution in [-0.4, -0.2) is 93.7 Å². The second-order valence-electron chi connectivity index (χ2n) is 23.4. The van der Waals surface area contributed by atoms with Crippen molar-refractivity contribution in [2.45, 2.75) is 6.92 Å². The summed E-state index contributed by atoms with van der Waals surface area (Å²) in [5, 5.41) is 20.0. The molecule has 9 aromatic carbocycles. The maximum Gasteiger partial charge on any atom is 0.269 e. The van der Waals surface area contributed by atoms with Crippen molar-refractivity contribution >= 4 is 79.5 Å². The van der Waals surface area contributed by atoms with Gasteiger partial charge in [0, 0.05) is 80.9 Å². The quantitative estimate of drug-likeness (QED) is 0.0730. The Labute approximate surface area is 595 Å². The number of Topliss-reactive ketones (excluding diaryl/α,β-unsaturated/α-hetero) is 1. The zero-order chi connectivity index (χ0) is 70.5. The van der Waals surface area contributed by atoms with Gasteiger partial charge in [-0.1, -0.05) is 167 Å². The van der Waals surface area contributed by atoms with Gasteiger partial charge in [0.25, 0.3) is 16.7 Å². The highest BCUT2D eigenvalue weighted by Gasteiger charge is 2.23. The summed E-state index contributed by atoms with van der Waals surface area (Å²) in [7, 11) is 3.70. The first-order chi connectivity index (χ1) is 49.6. The van der Waals surface area contributed by atoms with Crippen LogP contribution in [0.15, 0.2) is 299 Å². The monoisotopic (exact) mass is 1400 g/mol. The molecule has 0 radical (unpaired) electrons. The normalized spacial score (nSPS) is 11.2. The summed E-state index contributed by atoms with van der Waals surface area (Å²) in [5.74, 6) is 1.87. The van der Waals surface area contributed by atoms with E-state index in [2.05, 4.69) is 20.5 Å². The Hall–Kier alpha value is -13.0. The minimum atomic E-state index is -0.256. The van der Waals surface area contributed by atoms with Crippen LogP contribution in [0, 0.1) is 0 Å². The third-order valence-electron chi connectivity index (χ3n) is 16.4. The summed E-state index contributed by atoms with van der Waals surface area (Å²) in [4.78, 5) is 81.8. The van der Waals surface area contributed by atoms with Crippen LogP contribution in [-0.2, 0) is 0 Å². The Morgan fingerprint density at radius 1 is 0.392 bits per heavy atom. The van der Waals surface area contributed by atoms with Crippen molar-refractivity contribution in [2.24, 2.45) is 0 Å². The summed E-state index contributed by atoms with van der Waals surface area (Å²) in [6.45, 7) is 1.52. The highest BCUT2D eigenvalue weighted by atomic mass is 35.5. The fourth-order valence-electron chi connectivity index (χ4n) is 11.3. The van der Waals surface area contributed by atoms with Crippen molar-refractivity contribution in [1.29, 1.82) is 0 Å². The number of benzene rings is 9. The molecular formula is C79H55Cl3N14O6. The van der Waals surface area contributed by atoms with Gasteiger partial charge in [-0.05, 0) is 116 Å². The molecule has 0 N–H and O–H groups in total. The van der Waals surface area contributed by atoms with E-state index >= 15 is 0 Å². The number of allylic oxidation sites excluding steroid dienone is 1. The van der Waals surface area contributed by atoms with Crippen molar-refractivity contribution in [1.82, 2.24) is 68.1 Å². The van der Waals surface area contributed by atoms with Gasteiger partial charge >= 0.3 is 0 Å². The first kappa shape index (κ1) is 66.2. The van der Waals surface area contributed by atoms with Crippen LogP contribution < -0.4 is 16.7 Å². The molecule has 0 aliphatic heterocycles. The highest BCUT2D eigenvalue weighted by Crippen LogP contribution is 2.31. The van der Waals surface area contributed by atoms with Crippen molar-refractivity contribution in [3.8, 4) is 79.6 Å². The topological polar surface area (TPSA) is 222 Å². The maximum atomic E-state index is 13.7. The van der Waals surface area contributed by atoms with E-state index in [9.17, 15) is 24.0 Å². The predicted molar refractivity (Wildman–Crippen MR) is 397 cm³/mol. The second kappa shape index (κ2) is 28.8. The standard InChI is InChI=1S/C28H22ClN5O2.C26H16ClN5O2.C25H17ClN4O2/c1-32(2)17-16-25(35)19-8-10-20(11-9-19)26-31-27-24(18-30-34(27)23-6-4-3-5-7-23)28(36)33(26)22-14-12-21(29)13-15-22;27-19-10-12-20(13-11-19)31-24(18-8-6-17(7-9-18)23-14-15-29-34-23)30-25-22(26(31)33)16-28-32(25)21-4-2-1-3-5-21;1-16(31)17-7-9-18(10-8-17)23-28-24-22(15-27-30(24)21-5-3-2-4-6-21)25(32)29(23)20-13-11-19(26)12-14-20/h3-18H,1-2H3;1-16H;2-15H,1H3/b17-16+;;. The molecule has 0 unspecified atom stereocenters. The van der Waals surface area contributed by atoms with Gasteiger partial charge in [0.2, 0.25) is 0 Å². The molecule has 102 heavy (non-hydrogen) atoms. The Kier molecular flexibility index (Phi) is 18.7. The van der Waals surface area contributed by atoms with Crippen LogP contribution in [0.25, 0.3) is 113 Å². The van der Waals surface area contributed by atoms with Crippen molar-refractivity contribution < 1.29 is 14.1 Å². The summed E-state index contributed by atoms with van der Waals surface area (Å²) in [5.41, 5.74) is 9.12. The van der Waals surface area contributed by atoms with Gasteiger partial charge in [0.05, 0.1) is 58.9 Å². The molecule has 20 nitrogen and oxygen atoms in total. The van der Waals surface area contributed by atoms with Crippen molar-refractivity contribution in [2.75, 3.05) is 14.1 Å². The zero-order valence-electron chi connectivity index (χ0n) is 54.4. The molecule has 7 aromatic heterocycles. The fraction of sp³-hybridized carbons (Fsp3) is 0.0380. The first-order valence-corrected chi connectivity index (χ1v) is 32.9. The summed E-state index contributed by atoms with van der Waals surface area (Å²) < 4.78 is 14.9. The van der Waals surface area contributed by atoms with Gasteiger partial charge in [0.15, 0.2) is 34.3 Å². The third-order valence-corrected chi connectivity index (χ3v) is 17.2. The number of halogens is 3. The van der Waals surface area contributed by atoms with Crippen molar-refractivity contribution in [3.63, 3.8) is 0 Å².